The Balaban J connectivity index is 1.93. The number of nitrogens with one attached hydrogen (secondary N) is 2. The quantitative estimate of drug-likeness (QED) is 0.777. The molecule has 0 aliphatic rings. The highest BCUT2D eigenvalue weighted by Gasteiger charge is 2.14. The molecule has 1 aromatic heterocycles. The zero-order valence-corrected chi connectivity index (χ0v) is 12.8. The van der Waals surface area contributed by atoms with Gasteiger partial charge < -0.3 is 4.98 Å². The Morgan fingerprint density at radius 2 is 1.82 bits per heavy atom. The van der Waals surface area contributed by atoms with Crippen LogP contribution >= 0.6 is 0 Å². The fourth-order valence-electron chi connectivity index (χ4n) is 2.19. The van der Waals surface area contributed by atoms with Crippen molar-refractivity contribution in [1.29, 1.82) is 0 Å². The number of hydrogen-bond acceptors (Lipinski definition) is 3. The van der Waals surface area contributed by atoms with E-state index in [9.17, 15) is 8.42 Å². The summed E-state index contributed by atoms with van der Waals surface area (Å²) in [4.78, 5) is 7.49. The summed E-state index contributed by atoms with van der Waals surface area (Å²) >= 11 is 0. The van der Waals surface area contributed by atoms with Crippen molar-refractivity contribution in [3.8, 4) is 11.3 Å². The van der Waals surface area contributed by atoms with E-state index in [1.807, 2.05) is 13.0 Å². The average Bonchev–Trinajstić information content (AvgIpc) is 2.94. The van der Waals surface area contributed by atoms with Crippen LogP contribution < -0.4 is 4.72 Å². The number of aromatic nitrogens is 2. The summed E-state index contributed by atoms with van der Waals surface area (Å²) in [7, 11) is -3.59. The SMILES string of the molecule is Cc1[nH]cnc1-c1cccc(NS(=O)(=O)c2ccccc2)c1. The molecule has 0 unspecified atom stereocenters. The predicted octanol–water partition coefficient (Wildman–Crippen LogP) is 3.19. The van der Waals surface area contributed by atoms with Crippen LogP contribution in [0.1, 0.15) is 5.69 Å². The molecule has 0 bridgehead atoms. The topological polar surface area (TPSA) is 74.8 Å². The molecule has 0 saturated carbocycles. The highest BCUT2D eigenvalue weighted by molar-refractivity contribution is 7.92. The summed E-state index contributed by atoms with van der Waals surface area (Å²) in [5.41, 5.74) is 3.10. The van der Waals surface area contributed by atoms with Crippen molar-refractivity contribution < 1.29 is 8.42 Å². The molecular weight excluding hydrogens is 298 g/mol. The van der Waals surface area contributed by atoms with Crippen LogP contribution in [0.25, 0.3) is 11.3 Å². The van der Waals surface area contributed by atoms with E-state index in [1.165, 1.54) is 0 Å². The number of aryl methyl sites for hydroxylation is 1. The third kappa shape index (κ3) is 2.87. The van der Waals surface area contributed by atoms with E-state index < -0.39 is 10.0 Å². The first kappa shape index (κ1) is 14.3. The zero-order chi connectivity index (χ0) is 15.6. The fraction of sp³-hybridized carbons (Fsp3) is 0.0625. The number of benzene rings is 2. The lowest BCUT2D eigenvalue weighted by atomic mass is 10.1. The first-order chi connectivity index (χ1) is 10.6. The molecule has 0 radical (unpaired) electrons. The number of imidazole rings is 1. The van der Waals surface area contributed by atoms with Crippen molar-refractivity contribution in [1.82, 2.24) is 9.97 Å². The van der Waals surface area contributed by atoms with Crippen LogP contribution in [-0.4, -0.2) is 18.4 Å². The summed E-state index contributed by atoms with van der Waals surface area (Å²) in [5, 5.41) is 0. The highest BCUT2D eigenvalue weighted by atomic mass is 32.2. The van der Waals surface area contributed by atoms with Crippen LogP contribution in [0.3, 0.4) is 0 Å². The Morgan fingerprint density at radius 3 is 2.50 bits per heavy atom. The van der Waals surface area contributed by atoms with Gasteiger partial charge >= 0.3 is 0 Å². The van der Waals surface area contributed by atoms with Gasteiger partial charge in [-0.2, -0.15) is 0 Å². The first-order valence-electron chi connectivity index (χ1n) is 6.74. The first-order valence-corrected chi connectivity index (χ1v) is 8.23. The third-order valence-electron chi connectivity index (χ3n) is 3.27. The number of aromatic amines is 1. The number of rotatable bonds is 4. The smallest absolute Gasteiger partial charge is 0.261 e. The molecule has 5 nitrogen and oxygen atoms in total. The summed E-state index contributed by atoms with van der Waals surface area (Å²) in [6.45, 7) is 1.92. The van der Waals surface area contributed by atoms with E-state index in [1.54, 1.807) is 54.9 Å². The molecule has 0 aliphatic heterocycles. The van der Waals surface area contributed by atoms with Crippen molar-refractivity contribution in [3.05, 3.63) is 66.6 Å². The molecule has 22 heavy (non-hydrogen) atoms. The predicted molar refractivity (Wildman–Crippen MR) is 86.0 cm³/mol. The van der Waals surface area contributed by atoms with Gasteiger partial charge in [0.25, 0.3) is 10.0 Å². The Hall–Kier alpha value is -2.60. The number of sulfonamides is 1. The number of H-pyrrole nitrogens is 1. The van der Waals surface area contributed by atoms with E-state index in [2.05, 4.69) is 14.7 Å². The van der Waals surface area contributed by atoms with Gasteiger partial charge in [-0.25, -0.2) is 13.4 Å². The van der Waals surface area contributed by atoms with Gasteiger partial charge in [0, 0.05) is 16.9 Å². The largest absolute Gasteiger partial charge is 0.348 e. The van der Waals surface area contributed by atoms with Crippen molar-refractivity contribution >= 4 is 15.7 Å². The second-order valence-electron chi connectivity index (χ2n) is 4.88. The lowest BCUT2D eigenvalue weighted by molar-refractivity contribution is 0.601. The second kappa shape index (κ2) is 5.65. The highest BCUT2D eigenvalue weighted by Crippen LogP contribution is 2.24. The maximum atomic E-state index is 12.3. The van der Waals surface area contributed by atoms with Gasteiger partial charge in [-0.1, -0.05) is 30.3 Å². The van der Waals surface area contributed by atoms with Gasteiger partial charge in [-0.3, -0.25) is 4.72 Å². The lowest BCUT2D eigenvalue weighted by Crippen LogP contribution is -2.12. The molecule has 0 aliphatic carbocycles. The van der Waals surface area contributed by atoms with E-state index in [-0.39, 0.29) is 4.90 Å². The summed E-state index contributed by atoms with van der Waals surface area (Å²) in [5.74, 6) is 0. The molecule has 0 amide bonds. The molecule has 3 aromatic rings. The molecule has 2 N–H and O–H groups in total. The van der Waals surface area contributed by atoms with Crippen LogP contribution in [0, 0.1) is 6.92 Å². The van der Waals surface area contributed by atoms with E-state index in [0.717, 1.165) is 17.0 Å². The van der Waals surface area contributed by atoms with E-state index in [4.69, 9.17) is 0 Å². The minimum atomic E-state index is -3.59. The minimum absolute atomic E-state index is 0.233. The molecule has 0 fully saturated rings. The maximum Gasteiger partial charge on any atom is 0.261 e. The van der Waals surface area contributed by atoms with Crippen molar-refractivity contribution in [3.63, 3.8) is 0 Å². The van der Waals surface area contributed by atoms with Gasteiger partial charge in [0.05, 0.1) is 16.9 Å². The van der Waals surface area contributed by atoms with Gasteiger partial charge in [0.1, 0.15) is 0 Å². The zero-order valence-electron chi connectivity index (χ0n) is 11.9. The van der Waals surface area contributed by atoms with Crippen molar-refractivity contribution in [2.45, 2.75) is 11.8 Å². The Kier molecular flexibility index (Phi) is 3.68. The second-order valence-corrected chi connectivity index (χ2v) is 6.56. The number of anilines is 1. The normalized spacial score (nSPS) is 11.3. The van der Waals surface area contributed by atoms with Crippen LogP contribution in [-0.2, 0) is 10.0 Å². The lowest BCUT2D eigenvalue weighted by Gasteiger charge is -2.09. The van der Waals surface area contributed by atoms with Crippen LogP contribution in [0.5, 0.6) is 0 Å². The molecule has 3 rings (SSSR count). The van der Waals surface area contributed by atoms with Crippen molar-refractivity contribution in [2.75, 3.05) is 4.72 Å². The summed E-state index contributed by atoms with van der Waals surface area (Å²) in [6, 6.07) is 15.5. The number of nitrogens with zero attached hydrogens (tertiary/aromatic N) is 1. The van der Waals surface area contributed by atoms with Crippen molar-refractivity contribution in [2.24, 2.45) is 0 Å². The molecule has 0 saturated heterocycles. The molecule has 112 valence electrons. The van der Waals surface area contributed by atoms with Crippen LogP contribution in [0.4, 0.5) is 5.69 Å². The molecule has 0 spiro atoms. The third-order valence-corrected chi connectivity index (χ3v) is 4.67. The monoisotopic (exact) mass is 313 g/mol. The minimum Gasteiger partial charge on any atom is -0.348 e. The van der Waals surface area contributed by atoms with Gasteiger partial charge in [0.2, 0.25) is 0 Å². The van der Waals surface area contributed by atoms with E-state index in [0.29, 0.717) is 5.69 Å². The van der Waals surface area contributed by atoms with Gasteiger partial charge in [-0.15, -0.1) is 0 Å². The van der Waals surface area contributed by atoms with Crippen LogP contribution in [0.2, 0.25) is 0 Å². The summed E-state index contributed by atoms with van der Waals surface area (Å²) < 4.78 is 27.3. The summed E-state index contributed by atoms with van der Waals surface area (Å²) in [6.07, 6.45) is 1.62. The molecule has 1 heterocycles. The van der Waals surface area contributed by atoms with E-state index >= 15 is 0 Å². The van der Waals surface area contributed by atoms with Gasteiger partial charge in [0.15, 0.2) is 0 Å². The fourth-order valence-corrected chi connectivity index (χ4v) is 3.26. The molecular formula is C16H15N3O2S. The maximum absolute atomic E-state index is 12.3. The molecule has 0 atom stereocenters. The number of hydrogen-bond donors (Lipinski definition) is 2. The Bertz CT molecular complexity index is 887. The Labute approximate surface area is 129 Å². The Morgan fingerprint density at radius 1 is 1.05 bits per heavy atom. The molecule has 2 aromatic carbocycles. The molecule has 6 heteroatoms. The average molecular weight is 313 g/mol. The van der Waals surface area contributed by atoms with Crippen LogP contribution in [0.15, 0.2) is 65.8 Å². The standard InChI is InChI=1S/C16H15N3O2S/c1-12-16(18-11-17-12)13-6-5-7-14(10-13)19-22(20,21)15-8-3-2-4-9-15/h2-11,19H,1H3,(H,17,18). The van der Waals surface area contributed by atoms with Gasteiger partial charge in [-0.05, 0) is 31.2 Å².